The molecule has 0 amide bonds. The van der Waals surface area contributed by atoms with Crippen LogP contribution < -0.4 is 5.56 Å². The summed E-state index contributed by atoms with van der Waals surface area (Å²) < 4.78 is 1.88. The highest BCUT2D eigenvalue weighted by Crippen LogP contribution is 2.31. The maximum Gasteiger partial charge on any atom is 0.252 e. The van der Waals surface area contributed by atoms with Crippen LogP contribution in [0.25, 0.3) is 10.9 Å². The molecule has 0 bridgehead atoms. The molecule has 0 spiro atoms. The quantitative estimate of drug-likeness (QED) is 0.545. The van der Waals surface area contributed by atoms with Gasteiger partial charge in [0.1, 0.15) is 0 Å². The summed E-state index contributed by atoms with van der Waals surface area (Å²) in [6.45, 7) is 13.3. The van der Waals surface area contributed by atoms with E-state index >= 15 is 0 Å². The third kappa shape index (κ3) is 4.85. The van der Waals surface area contributed by atoms with Gasteiger partial charge >= 0.3 is 0 Å². The summed E-state index contributed by atoms with van der Waals surface area (Å²) in [4.78, 5) is 17.9. The van der Waals surface area contributed by atoms with Crippen LogP contribution in [0.2, 0.25) is 0 Å². The van der Waals surface area contributed by atoms with Gasteiger partial charge in [0.05, 0.1) is 18.2 Å². The maximum absolute atomic E-state index is 12.8. The first-order chi connectivity index (χ1) is 14.7. The molecule has 3 rings (SSSR count). The summed E-state index contributed by atoms with van der Waals surface area (Å²) >= 11 is 0. The first-order valence-electron chi connectivity index (χ1n) is 10.9. The molecule has 3 aromatic rings. The number of aryl methyl sites for hydroxylation is 1. The zero-order valence-electron chi connectivity index (χ0n) is 19.4. The first kappa shape index (κ1) is 23.1. The smallest absolute Gasteiger partial charge is 0.252 e. The predicted octanol–water partition coefficient (Wildman–Crippen LogP) is 3.16. The largest absolute Gasteiger partial charge is 0.395 e. The topological polar surface area (TPSA) is 99.9 Å². The fourth-order valence-corrected chi connectivity index (χ4v) is 3.98. The van der Waals surface area contributed by atoms with Gasteiger partial charge in [-0.25, -0.2) is 4.68 Å². The SMILES string of the molecule is CCC(C)(C)n1nnnc1C(C(C)C)N(CCO)Cc1cc2ccc(C)cc2[nH]c1=O. The van der Waals surface area contributed by atoms with Crippen molar-refractivity contribution in [1.29, 1.82) is 0 Å². The number of rotatable bonds is 9. The van der Waals surface area contributed by atoms with E-state index in [0.29, 0.717) is 18.7 Å². The van der Waals surface area contributed by atoms with Crippen molar-refractivity contribution in [2.24, 2.45) is 5.92 Å². The van der Waals surface area contributed by atoms with E-state index in [1.165, 1.54) is 0 Å². The van der Waals surface area contributed by atoms with Crippen molar-refractivity contribution in [3.63, 3.8) is 0 Å². The van der Waals surface area contributed by atoms with Crippen LogP contribution in [0.4, 0.5) is 0 Å². The van der Waals surface area contributed by atoms with Gasteiger partial charge in [-0.3, -0.25) is 9.69 Å². The Morgan fingerprint density at radius 2 is 2.00 bits per heavy atom. The van der Waals surface area contributed by atoms with Crippen molar-refractivity contribution in [3.8, 4) is 0 Å². The Bertz CT molecular complexity index is 1090. The van der Waals surface area contributed by atoms with Gasteiger partial charge in [-0.15, -0.1) is 5.10 Å². The van der Waals surface area contributed by atoms with Gasteiger partial charge in [0.2, 0.25) is 0 Å². The molecule has 8 nitrogen and oxygen atoms in total. The maximum atomic E-state index is 12.8. The molecule has 2 aromatic heterocycles. The summed E-state index contributed by atoms with van der Waals surface area (Å²) in [5, 5.41) is 23.4. The molecule has 31 heavy (non-hydrogen) atoms. The summed E-state index contributed by atoms with van der Waals surface area (Å²) in [5.41, 5.74) is 2.23. The molecule has 0 saturated heterocycles. The van der Waals surface area contributed by atoms with Gasteiger partial charge in [-0.05, 0) is 66.6 Å². The zero-order chi connectivity index (χ0) is 22.8. The summed E-state index contributed by atoms with van der Waals surface area (Å²) in [7, 11) is 0. The highest BCUT2D eigenvalue weighted by atomic mass is 16.3. The number of aliphatic hydroxyl groups excluding tert-OH is 1. The standard InChI is InChI=1S/C23H34N6O2/c1-7-23(5,6)29-21(25-26-27-29)20(15(2)3)28(10-11-30)14-18-13-17-9-8-16(4)12-19(17)24-22(18)31/h8-9,12-13,15,20,30H,7,10-11,14H2,1-6H3,(H,24,31). The van der Waals surface area contributed by atoms with Crippen molar-refractivity contribution >= 4 is 10.9 Å². The van der Waals surface area contributed by atoms with Gasteiger partial charge in [0.25, 0.3) is 5.56 Å². The Morgan fingerprint density at radius 1 is 1.26 bits per heavy atom. The van der Waals surface area contributed by atoms with Crippen molar-refractivity contribution in [1.82, 2.24) is 30.1 Å². The second-order valence-corrected chi connectivity index (χ2v) is 9.21. The van der Waals surface area contributed by atoms with Crippen molar-refractivity contribution in [3.05, 3.63) is 51.6 Å². The van der Waals surface area contributed by atoms with Gasteiger partial charge in [0.15, 0.2) is 5.82 Å². The Kier molecular flexibility index (Phi) is 6.91. The van der Waals surface area contributed by atoms with Crippen molar-refractivity contribution in [2.45, 2.75) is 66.1 Å². The number of fused-ring (bicyclic) bond motifs is 1. The van der Waals surface area contributed by atoms with Gasteiger partial charge in [-0.2, -0.15) is 0 Å². The average molecular weight is 427 g/mol. The fraction of sp³-hybridized carbons (Fsp3) is 0.565. The summed E-state index contributed by atoms with van der Waals surface area (Å²) in [6.07, 6.45) is 0.875. The van der Waals surface area contributed by atoms with Crippen molar-refractivity contribution in [2.75, 3.05) is 13.2 Å². The predicted molar refractivity (Wildman–Crippen MR) is 122 cm³/mol. The van der Waals surface area contributed by atoms with Crippen LogP contribution in [0.15, 0.2) is 29.1 Å². The molecule has 1 unspecified atom stereocenters. The lowest BCUT2D eigenvalue weighted by molar-refractivity contribution is 0.0999. The van der Waals surface area contributed by atoms with Gasteiger partial charge in [0, 0.05) is 24.2 Å². The van der Waals surface area contributed by atoms with Crippen LogP contribution in [0, 0.1) is 12.8 Å². The number of nitrogens with one attached hydrogen (secondary N) is 1. The molecular weight excluding hydrogens is 392 g/mol. The molecule has 8 heteroatoms. The number of H-pyrrole nitrogens is 1. The normalized spacial score (nSPS) is 13.5. The number of aromatic amines is 1. The highest BCUT2D eigenvalue weighted by molar-refractivity contribution is 5.79. The number of aliphatic hydroxyl groups is 1. The molecule has 0 aliphatic heterocycles. The van der Waals surface area contributed by atoms with E-state index in [1.54, 1.807) is 0 Å². The third-order valence-electron chi connectivity index (χ3n) is 6.06. The second-order valence-electron chi connectivity index (χ2n) is 9.21. The van der Waals surface area contributed by atoms with Crippen molar-refractivity contribution < 1.29 is 5.11 Å². The Balaban J connectivity index is 2.03. The fourth-order valence-electron chi connectivity index (χ4n) is 3.98. The van der Waals surface area contributed by atoms with Crippen LogP contribution >= 0.6 is 0 Å². The number of nitrogens with zero attached hydrogens (tertiary/aromatic N) is 5. The number of pyridine rings is 1. The van der Waals surface area contributed by atoms with Crippen LogP contribution in [0.5, 0.6) is 0 Å². The summed E-state index contributed by atoms with van der Waals surface area (Å²) in [5.74, 6) is 0.925. The van der Waals surface area contributed by atoms with E-state index in [9.17, 15) is 9.90 Å². The van der Waals surface area contributed by atoms with E-state index in [1.807, 2.05) is 35.9 Å². The first-order valence-corrected chi connectivity index (χ1v) is 10.9. The molecule has 2 N–H and O–H groups in total. The average Bonchev–Trinajstić information content (AvgIpc) is 3.19. The number of benzene rings is 1. The lowest BCUT2D eigenvalue weighted by Gasteiger charge is -2.35. The monoisotopic (exact) mass is 426 g/mol. The summed E-state index contributed by atoms with van der Waals surface area (Å²) in [6, 6.07) is 7.82. The van der Waals surface area contributed by atoms with Crippen LogP contribution in [-0.4, -0.2) is 48.3 Å². The minimum absolute atomic E-state index is 0.0212. The number of tetrazole rings is 1. The molecule has 0 aliphatic carbocycles. The van der Waals surface area contributed by atoms with E-state index in [0.717, 1.165) is 28.7 Å². The highest BCUT2D eigenvalue weighted by Gasteiger charge is 2.33. The lowest BCUT2D eigenvalue weighted by atomic mass is 9.97. The molecule has 1 aromatic carbocycles. The Labute approximate surface area is 183 Å². The Hall–Kier alpha value is -2.58. The van der Waals surface area contributed by atoms with E-state index < -0.39 is 0 Å². The zero-order valence-corrected chi connectivity index (χ0v) is 19.4. The minimum atomic E-state index is -0.241. The van der Waals surface area contributed by atoms with Crippen LogP contribution in [0.3, 0.4) is 0 Å². The third-order valence-corrected chi connectivity index (χ3v) is 6.06. The molecule has 168 valence electrons. The lowest BCUT2D eigenvalue weighted by Crippen LogP contribution is -2.39. The van der Waals surface area contributed by atoms with Gasteiger partial charge in [-0.1, -0.05) is 32.9 Å². The van der Waals surface area contributed by atoms with Gasteiger partial charge < -0.3 is 10.1 Å². The molecule has 0 radical (unpaired) electrons. The molecule has 0 aliphatic rings. The molecule has 2 heterocycles. The molecule has 1 atom stereocenters. The minimum Gasteiger partial charge on any atom is -0.395 e. The van der Waals surface area contributed by atoms with E-state index in [2.05, 4.69) is 60.0 Å². The number of aromatic nitrogens is 5. The van der Waals surface area contributed by atoms with E-state index in [-0.39, 0.29) is 29.7 Å². The Morgan fingerprint density at radius 3 is 2.65 bits per heavy atom. The molecule has 0 saturated carbocycles. The van der Waals surface area contributed by atoms with E-state index in [4.69, 9.17) is 0 Å². The number of hydrogen-bond acceptors (Lipinski definition) is 6. The van der Waals surface area contributed by atoms with Crippen LogP contribution in [0.1, 0.15) is 64.0 Å². The number of hydrogen-bond donors (Lipinski definition) is 2. The second kappa shape index (κ2) is 9.28. The molecular formula is C23H34N6O2. The molecule has 0 fully saturated rings. The van der Waals surface area contributed by atoms with Crippen LogP contribution in [-0.2, 0) is 12.1 Å².